The van der Waals surface area contributed by atoms with Crippen LogP contribution in [0.3, 0.4) is 0 Å². The number of hydrogen-bond acceptors (Lipinski definition) is 3. The van der Waals surface area contributed by atoms with Crippen molar-refractivity contribution in [3.8, 4) is 11.8 Å². The number of urea groups is 1. The highest BCUT2D eigenvalue weighted by atomic mass is 35.5. The van der Waals surface area contributed by atoms with Gasteiger partial charge in [-0.15, -0.1) is 0 Å². The Hall–Kier alpha value is -2.71. The molecule has 2 amide bonds. The van der Waals surface area contributed by atoms with Crippen molar-refractivity contribution in [3.05, 3.63) is 53.1 Å². The summed E-state index contributed by atoms with van der Waals surface area (Å²) in [5, 5.41) is 23.3. The van der Waals surface area contributed by atoms with E-state index in [9.17, 15) is 9.90 Å². The van der Waals surface area contributed by atoms with E-state index in [4.69, 9.17) is 16.9 Å². The van der Waals surface area contributed by atoms with Crippen molar-refractivity contribution in [1.82, 2.24) is 0 Å². The molecule has 2 rings (SSSR count). The fraction of sp³-hybridized carbons (Fsp3) is 0. The average molecular weight is 288 g/mol. The highest BCUT2D eigenvalue weighted by molar-refractivity contribution is 6.34. The lowest BCUT2D eigenvalue weighted by Crippen LogP contribution is -2.19. The number of nitrogens with one attached hydrogen (secondary N) is 2. The summed E-state index contributed by atoms with van der Waals surface area (Å²) in [6.07, 6.45) is 0. The van der Waals surface area contributed by atoms with Gasteiger partial charge in [0.1, 0.15) is 5.75 Å². The van der Waals surface area contributed by atoms with Crippen molar-refractivity contribution in [2.24, 2.45) is 0 Å². The number of aromatic hydroxyl groups is 1. The van der Waals surface area contributed by atoms with Crippen LogP contribution >= 0.6 is 11.6 Å². The third-order valence-corrected chi connectivity index (χ3v) is 2.79. The molecule has 3 N–H and O–H groups in total. The van der Waals surface area contributed by atoms with Crippen LogP contribution in [0.1, 0.15) is 5.56 Å². The van der Waals surface area contributed by atoms with Crippen molar-refractivity contribution in [3.63, 3.8) is 0 Å². The second-order valence-electron chi connectivity index (χ2n) is 3.93. The first-order valence-electron chi connectivity index (χ1n) is 5.65. The van der Waals surface area contributed by atoms with Crippen LogP contribution in [0, 0.1) is 11.3 Å². The van der Waals surface area contributed by atoms with Crippen molar-refractivity contribution in [2.75, 3.05) is 10.6 Å². The molecule has 0 fully saturated rings. The molecule has 0 radical (unpaired) electrons. The van der Waals surface area contributed by atoms with Crippen molar-refractivity contribution in [2.45, 2.75) is 0 Å². The monoisotopic (exact) mass is 287 g/mol. The number of phenols is 1. The molecule has 0 heterocycles. The molecule has 0 unspecified atom stereocenters. The van der Waals surface area contributed by atoms with Gasteiger partial charge in [0, 0.05) is 11.8 Å². The Balaban J connectivity index is 2.03. The summed E-state index contributed by atoms with van der Waals surface area (Å²) in [4.78, 5) is 11.8. The summed E-state index contributed by atoms with van der Waals surface area (Å²) in [5.41, 5.74) is 1.45. The van der Waals surface area contributed by atoms with E-state index in [0.29, 0.717) is 16.9 Å². The molecule has 0 aliphatic rings. The molecule has 0 atom stereocenters. The number of nitrogens with zero attached hydrogens (tertiary/aromatic N) is 1. The Morgan fingerprint density at radius 1 is 1.15 bits per heavy atom. The summed E-state index contributed by atoms with van der Waals surface area (Å²) < 4.78 is 0. The predicted octanol–water partition coefficient (Wildman–Crippen LogP) is 3.56. The zero-order valence-electron chi connectivity index (χ0n) is 10.2. The molecule has 0 aliphatic heterocycles. The Morgan fingerprint density at radius 3 is 2.45 bits per heavy atom. The number of carbonyl (C=O) groups is 1. The third-order valence-electron chi connectivity index (χ3n) is 2.47. The maximum absolute atomic E-state index is 11.8. The van der Waals surface area contributed by atoms with Gasteiger partial charge in [-0.2, -0.15) is 5.26 Å². The molecule has 2 aromatic rings. The van der Waals surface area contributed by atoms with Crippen LogP contribution in [0.2, 0.25) is 5.02 Å². The highest BCUT2D eigenvalue weighted by Gasteiger charge is 2.06. The number of carbonyl (C=O) groups excluding carboxylic acids is 1. The quantitative estimate of drug-likeness (QED) is 0.738. The van der Waals surface area contributed by atoms with E-state index in [1.54, 1.807) is 24.3 Å². The van der Waals surface area contributed by atoms with Crippen LogP contribution in [0.15, 0.2) is 42.5 Å². The molecule has 100 valence electrons. The summed E-state index contributed by atoms with van der Waals surface area (Å²) >= 11 is 5.88. The number of benzene rings is 2. The maximum atomic E-state index is 11.8. The van der Waals surface area contributed by atoms with Crippen LogP contribution in [-0.2, 0) is 0 Å². The lowest BCUT2D eigenvalue weighted by molar-refractivity contribution is 0.262. The molecule has 2 aromatic carbocycles. The highest BCUT2D eigenvalue weighted by Crippen LogP contribution is 2.26. The lowest BCUT2D eigenvalue weighted by atomic mass is 10.2. The Kier molecular flexibility index (Phi) is 4.08. The smallest absolute Gasteiger partial charge is 0.323 e. The zero-order valence-corrected chi connectivity index (χ0v) is 11.0. The predicted molar refractivity (Wildman–Crippen MR) is 76.9 cm³/mol. The van der Waals surface area contributed by atoms with Crippen molar-refractivity contribution < 1.29 is 9.90 Å². The minimum Gasteiger partial charge on any atom is -0.508 e. The van der Waals surface area contributed by atoms with Gasteiger partial charge in [0.05, 0.1) is 22.3 Å². The van der Waals surface area contributed by atoms with Gasteiger partial charge < -0.3 is 15.7 Å². The number of rotatable bonds is 2. The summed E-state index contributed by atoms with van der Waals surface area (Å²) in [5.74, 6) is 0.0213. The molecule has 0 saturated carbocycles. The molecule has 0 saturated heterocycles. The van der Waals surface area contributed by atoms with E-state index in [1.807, 2.05) is 6.07 Å². The van der Waals surface area contributed by atoms with Crippen LogP contribution in [0.25, 0.3) is 0 Å². The van der Waals surface area contributed by atoms with Crippen molar-refractivity contribution in [1.29, 1.82) is 5.26 Å². The van der Waals surface area contributed by atoms with Gasteiger partial charge in [0.15, 0.2) is 0 Å². The standard InChI is InChI=1S/C14H10ClN3O2/c15-12-7-11(19)5-6-13(12)18-14(20)17-10-3-1-9(8-16)2-4-10/h1-7,19H,(H2,17,18,20). The van der Waals surface area contributed by atoms with Gasteiger partial charge in [-0.25, -0.2) is 4.79 Å². The molecule has 0 aromatic heterocycles. The van der Waals surface area contributed by atoms with Crippen molar-refractivity contribution >= 4 is 29.0 Å². The van der Waals surface area contributed by atoms with Crippen LogP contribution in [-0.4, -0.2) is 11.1 Å². The van der Waals surface area contributed by atoms with Crippen LogP contribution in [0.4, 0.5) is 16.2 Å². The van der Waals surface area contributed by atoms with E-state index < -0.39 is 6.03 Å². The molecule has 5 nitrogen and oxygen atoms in total. The molecule has 0 aliphatic carbocycles. The molecule has 20 heavy (non-hydrogen) atoms. The fourth-order valence-corrected chi connectivity index (χ4v) is 1.74. The molecular formula is C14H10ClN3O2. The second kappa shape index (κ2) is 5.95. The summed E-state index contributed by atoms with van der Waals surface area (Å²) in [7, 11) is 0. The van der Waals surface area contributed by atoms with E-state index in [2.05, 4.69) is 10.6 Å². The normalized spacial score (nSPS) is 9.60. The lowest BCUT2D eigenvalue weighted by Gasteiger charge is -2.09. The minimum absolute atomic E-state index is 0.0213. The minimum atomic E-state index is -0.470. The molecule has 0 spiro atoms. The van der Waals surface area contributed by atoms with Gasteiger partial charge >= 0.3 is 6.03 Å². The van der Waals surface area contributed by atoms with Gasteiger partial charge in [0.25, 0.3) is 0 Å². The van der Waals surface area contributed by atoms with Gasteiger partial charge in [-0.3, -0.25) is 0 Å². The van der Waals surface area contributed by atoms with Crippen LogP contribution < -0.4 is 10.6 Å². The maximum Gasteiger partial charge on any atom is 0.323 e. The van der Waals surface area contributed by atoms with E-state index >= 15 is 0 Å². The first kappa shape index (κ1) is 13.7. The van der Waals surface area contributed by atoms with Gasteiger partial charge in [0.2, 0.25) is 0 Å². The van der Waals surface area contributed by atoms with Gasteiger partial charge in [-0.05, 0) is 36.4 Å². The fourth-order valence-electron chi connectivity index (χ4n) is 1.52. The number of anilines is 2. The largest absolute Gasteiger partial charge is 0.508 e. The van der Waals surface area contributed by atoms with E-state index in [-0.39, 0.29) is 10.8 Å². The Bertz CT molecular complexity index is 678. The summed E-state index contributed by atoms with van der Waals surface area (Å²) in [6, 6.07) is 12.2. The third kappa shape index (κ3) is 3.40. The molecule has 0 bridgehead atoms. The van der Waals surface area contributed by atoms with Gasteiger partial charge in [-0.1, -0.05) is 11.6 Å². The topological polar surface area (TPSA) is 85.2 Å². The SMILES string of the molecule is N#Cc1ccc(NC(=O)Nc2ccc(O)cc2Cl)cc1. The second-order valence-corrected chi connectivity index (χ2v) is 4.34. The first-order chi connectivity index (χ1) is 9.58. The molecule has 6 heteroatoms. The Labute approximate surface area is 120 Å². The zero-order chi connectivity index (χ0) is 14.5. The van der Waals surface area contributed by atoms with E-state index in [1.165, 1.54) is 18.2 Å². The number of phenolic OH excluding ortho intramolecular Hbond substituents is 1. The van der Waals surface area contributed by atoms with E-state index in [0.717, 1.165) is 0 Å². The molecular weight excluding hydrogens is 278 g/mol. The Morgan fingerprint density at radius 2 is 1.85 bits per heavy atom. The average Bonchev–Trinajstić information content (AvgIpc) is 2.43. The number of halogens is 1. The number of amides is 2. The number of nitriles is 1. The number of hydrogen-bond donors (Lipinski definition) is 3. The van der Waals surface area contributed by atoms with Crippen LogP contribution in [0.5, 0.6) is 5.75 Å². The first-order valence-corrected chi connectivity index (χ1v) is 6.03. The summed E-state index contributed by atoms with van der Waals surface area (Å²) in [6.45, 7) is 0.